The highest BCUT2D eigenvalue weighted by atomic mass is 16.1. The van der Waals surface area contributed by atoms with Crippen LogP contribution in [0.5, 0.6) is 0 Å². The summed E-state index contributed by atoms with van der Waals surface area (Å²) in [6.45, 7) is 0. The molecule has 2 N–H and O–H groups in total. The minimum atomic E-state index is -0.303. The number of carbonyl (C=O) groups excluding carboxylic acids is 1. The van der Waals surface area contributed by atoms with Crippen LogP contribution in [0.4, 0.5) is 0 Å². The SMILES string of the molecule is N=C=C(NC(=O)c1ccccc1)[n+]1c(-c2ccccc2)cc(-c2ccccc2)cc1-c1ccccc1. The minimum absolute atomic E-state index is 0.237. The van der Waals surface area contributed by atoms with Crippen molar-refractivity contribution in [2.24, 2.45) is 0 Å². The highest BCUT2D eigenvalue weighted by molar-refractivity contribution is 6.00. The van der Waals surface area contributed by atoms with Crippen LogP contribution in [0.25, 0.3) is 39.5 Å². The molecule has 0 saturated carbocycles. The summed E-state index contributed by atoms with van der Waals surface area (Å²) in [6.07, 6.45) is 0. The third-order valence-corrected chi connectivity index (χ3v) is 5.92. The molecule has 0 aliphatic carbocycles. The minimum Gasteiger partial charge on any atom is -0.252 e. The molecule has 0 atom stereocenters. The van der Waals surface area contributed by atoms with Gasteiger partial charge in [0.25, 0.3) is 0 Å². The van der Waals surface area contributed by atoms with Gasteiger partial charge < -0.3 is 0 Å². The van der Waals surface area contributed by atoms with Crippen LogP contribution >= 0.6 is 0 Å². The van der Waals surface area contributed by atoms with Crippen LogP contribution in [0.15, 0.2) is 133 Å². The van der Waals surface area contributed by atoms with Crippen molar-refractivity contribution in [3.8, 4) is 33.6 Å². The lowest BCUT2D eigenvalue weighted by Crippen LogP contribution is -2.46. The number of hydrogen-bond acceptors (Lipinski definition) is 2. The van der Waals surface area contributed by atoms with Gasteiger partial charge in [0.1, 0.15) is 11.4 Å². The van der Waals surface area contributed by atoms with E-state index in [0.717, 1.165) is 33.6 Å². The second-order valence-electron chi connectivity index (χ2n) is 8.24. The Morgan fingerprint density at radius 1 is 0.583 bits per heavy atom. The van der Waals surface area contributed by atoms with Crippen molar-refractivity contribution in [2.75, 3.05) is 0 Å². The second-order valence-corrected chi connectivity index (χ2v) is 8.24. The number of pyridine rings is 1. The summed E-state index contributed by atoms with van der Waals surface area (Å²) >= 11 is 0. The zero-order valence-electron chi connectivity index (χ0n) is 19.6. The van der Waals surface area contributed by atoms with Crippen molar-refractivity contribution in [3.63, 3.8) is 0 Å². The molecule has 4 aromatic carbocycles. The molecular weight excluding hydrogens is 442 g/mol. The van der Waals surface area contributed by atoms with Crippen LogP contribution in [0.1, 0.15) is 10.4 Å². The average Bonchev–Trinajstić information content (AvgIpc) is 2.97. The first kappa shape index (κ1) is 22.7. The lowest BCUT2D eigenvalue weighted by atomic mass is 9.99. The van der Waals surface area contributed by atoms with Crippen molar-refractivity contribution < 1.29 is 9.36 Å². The van der Waals surface area contributed by atoms with E-state index in [2.05, 4.69) is 35.5 Å². The Balaban J connectivity index is 1.76. The maximum absolute atomic E-state index is 13.1. The number of benzene rings is 4. The van der Waals surface area contributed by atoms with Gasteiger partial charge in [-0.05, 0) is 35.4 Å². The fourth-order valence-electron chi connectivity index (χ4n) is 4.19. The van der Waals surface area contributed by atoms with Gasteiger partial charge in [0.05, 0.1) is 11.4 Å². The summed E-state index contributed by atoms with van der Waals surface area (Å²) in [6, 6.07) is 43.3. The molecule has 0 bridgehead atoms. The topological polar surface area (TPSA) is 56.8 Å². The van der Waals surface area contributed by atoms with Crippen LogP contribution in [-0.2, 0) is 0 Å². The van der Waals surface area contributed by atoms with E-state index < -0.39 is 0 Å². The highest BCUT2D eigenvalue weighted by Gasteiger charge is 2.26. The predicted molar refractivity (Wildman–Crippen MR) is 144 cm³/mol. The summed E-state index contributed by atoms with van der Waals surface area (Å²) < 4.78 is 1.89. The van der Waals surface area contributed by atoms with Gasteiger partial charge in [0, 0.05) is 11.1 Å². The predicted octanol–water partition coefficient (Wildman–Crippen LogP) is 6.45. The van der Waals surface area contributed by atoms with Crippen LogP contribution in [-0.4, -0.2) is 11.8 Å². The lowest BCUT2D eigenvalue weighted by molar-refractivity contribution is -0.559. The number of aromatic nitrogens is 1. The van der Waals surface area contributed by atoms with Crippen LogP contribution in [0.2, 0.25) is 0 Å². The number of amides is 1. The largest absolute Gasteiger partial charge is 0.352 e. The molecular formula is C32H24N3O+. The van der Waals surface area contributed by atoms with Crippen LogP contribution in [0.3, 0.4) is 0 Å². The molecule has 4 heteroatoms. The molecule has 172 valence electrons. The molecule has 0 radical (unpaired) electrons. The molecule has 1 aromatic heterocycles. The number of nitrogens with one attached hydrogen (secondary N) is 2. The maximum Gasteiger partial charge on any atom is 0.352 e. The van der Waals surface area contributed by atoms with Gasteiger partial charge >= 0.3 is 11.7 Å². The molecule has 1 amide bonds. The van der Waals surface area contributed by atoms with E-state index in [1.807, 2.05) is 102 Å². The van der Waals surface area contributed by atoms with E-state index in [1.165, 1.54) is 0 Å². The Hall–Kier alpha value is -5.05. The molecule has 1 heterocycles. The van der Waals surface area contributed by atoms with Gasteiger partial charge in [-0.2, -0.15) is 9.88 Å². The van der Waals surface area contributed by atoms with Gasteiger partial charge in [-0.3, -0.25) is 5.41 Å². The van der Waals surface area contributed by atoms with E-state index in [1.54, 1.807) is 12.1 Å². The van der Waals surface area contributed by atoms with Crippen LogP contribution in [0, 0.1) is 5.41 Å². The van der Waals surface area contributed by atoms with Crippen LogP contribution < -0.4 is 9.88 Å². The molecule has 36 heavy (non-hydrogen) atoms. The molecule has 5 rings (SSSR count). The highest BCUT2D eigenvalue weighted by Crippen LogP contribution is 2.29. The third-order valence-electron chi connectivity index (χ3n) is 5.92. The molecule has 4 nitrogen and oxygen atoms in total. The first-order chi connectivity index (χ1) is 17.7. The van der Waals surface area contributed by atoms with Crippen molar-refractivity contribution in [3.05, 3.63) is 139 Å². The van der Waals surface area contributed by atoms with E-state index >= 15 is 0 Å². The molecule has 0 spiro atoms. The number of rotatable bonds is 6. The van der Waals surface area contributed by atoms with E-state index in [0.29, 0.717) is 5.56 Å². The molecule has 0 fully saturated rings. The van der Waals surface area contributed by atoms with Gasteiger partial charge in [-0.1, -0.05) is 109 Å². The number of nitrogens with zero attached hydrogens (tertiary/aromatic N) is 1. The van der Waals surface area contributed by atoms with E-state index in [-0.39, 0.29) is 11.7 Å². The average molecular weight is 467 g/mol. The number of hydrogen-bond donors (Lipinski definition) is 2. The smallest absolute Gasteiger partial charge is 0.252 e. The summed E-state index contributed by atoms with van der Waals surface area (Å²) in [5.41, 5.74) is 6.19. The van der Waals surface area contributed by atoms with Gasteiger partial charge in [0.2, 0.25) is 0 Å². The van der Waals surface area contributed by atoms with Gasteiger partial charge in [-0.15, -0.1) is 0 Å². The molecule has 5 aromatic rings. The Morgan fingerprint density at radius 2 is 1.00 bits per heavy atom. The Kier molecular flexibility index (Phi) is 6.61. The normalized spacial score (nSPS) is 10.3. The van der Waals surface area contributed by atoms with E-state index in [9.17, 15) is 4.79 Å². The molecule has 0 aliphatic rings. The maximum atomic E-state index is 13.1. The Labute approximate surface area is 210 Å². The second kappa shape index (κ2) is 10.5. The molecule has 0 aliphatic heterocycles. The van der Waals surface area contributed by atoms with Crippen molar-refractivity contribution >= 4 is 17.6 Å². The lowest BCUT2D eigenvalue weighted by Gasteiger charge is -2.16. The Morgan fingerprint density at radius 3 is 1.44 bits per heavy atom. The van der Waals surface area contributed by atoms with Crippen molar-refractivity contribution in [1.29, 1.82) is 5.41 Å². The van der Waals surface area contributed by atoms with Crippen molar-refractivity contribution in [2.45, 2.75) is 0 Å². The first-order valence-corrected chi connectivity index (χ1v) is 11.7. The fraction of sp³-hybridized carbons (Fsp3) is 0. The molecule has 0 saturated heterocycles. The fourth-order valence-corrected chi connectivity index (χ4v) is 4.19. The van der Waals surface area contributed by atoms with Gasteiger partial charge in [0.15, 0.2) is 0 Å². The summed E-state index contributed by atoms with van der Waals surface area (Å²) in [4.78, 5) is 13.1. The van der Waals surface area contributed by atoms with Crippen molar-refractivity contribution in [1.82, 2.24) is 5.32 Å². The first-order valence-electron chi connectivity index (χ1n) is 11.7. The summed E-state index contributed by atoms with van der Waals surface area (Å²) in [7, 11) is 0. The monoisotopic (exact) mass is 466 g/mol. The summed E-state index contributed by atoms with van der Waals surface area (Å²) in [5, 5.41) is 11.1. The van der Waals surface area contributed by atoms with E-state index in [4.69, 9.17) is 5.41 Å². The zero-order valence-corrected chi connectivity index (χ0v) is 19.6. The third kappa shape index (κ3) is 4.76. The number of carbonyl (C=O) groups is 1. The van der Waals surface area contributed by atoms with Gasteiger partial charge in [-0.25, -0.2) is 4.79 Å². The summed E-state index contributed by atoms with van der Waals surface area (Å²) in [5.74, 6) is 2.43. The Bertz CT molecular complexity index is 1480. The quantitative estimate of drug-likeness (QED) is 0.219. The standard InChI is InChI=1S/C32H23N3O/c33-23-31(34-32(36)27-19-11-4-12-20-27)35-29(25-15-7-2-8-16-25)21-28(24-13-5-1-6-14-24)22-30(35)26-17-9-3-10-18-26/h1-22,33H/p+1. The molecule has 0 unspecified atom stereocenters. The zero-order chi connectivity index (χ0) is 24.7.